The maximum atomic E-state index is 2.67. The number of hydrogen-bond donors (Lipinski definition) is 0. The van der Waals surface area contributed by atoms with Crippen LogP contribution in [-0.4, -0.2) is 23.5 Å². The van der Waals surface area contributed by atoms with Gasteiger partial charge in [0.1, 0.15) is 0 Å². The van der Waals surface area contributed by atoms with E-state index in [2.05, 4.69) is 32.6 Å². The molecule has 1 unspecified atom stereocenters. The van der Waals surface area contributed by atoms with Crippen LogP contribution in [0.2, 0.25) is 0 Å². The molecule has 2 fully saturated rings. The van der Waals surface area contributed by atoms with Crippen LogP contribution in [-0.2, 0) is 0 Å². The van der Waals surface area contributed by atoms with Crippen molar-refractivity contribution in [1.29, 1.82) is 0 Å². The van der Waals surface area contributed by atoms with E-state index >= 15 is 0 Å². The van der Waals surface area contributed by atoms with Crippen LogP contribution in [0.25, 0.3) is 0 Å². The summed E-state index contributed by atoms with van der Waals surface area (Å²) < 4.78 is 0. The van der Waals surface area contributed by atoms with Crippen LogP contribution in [0.15, 0.2) is 0 Å². The summed E-state index contributed by atoms with van der Waals surface area (Å²) in [6, 6.07) is 0. The third-order valence-electron chi connectivity index (χ3n) is 4.19. The second-order valence-electron chi connectivity index (χ2n) is 6.01. The fraction of sp³-hybridized carbons (Fsp3) is 1.00. The largest absolute Gasteiger partial charge is 0.298 e. The Morgan fingerprint density at radius 3 is 2.46 bits per heavy atom. The van der Waals surface area contributed by atoms with Gasteiger partial charge in [-0.3, -0.25) is 4.90 Å². The molecule has 1 aliphatic heterocycles. The van der Waals surface area contributed by atoms with Crippen LogP contribution in [0.3, 0.4) is 0 Å². The molecule has 1 saturated carbocycles. The molecule has 1 heteroatoms. The maximum Gasteiger partial charge on any atom is 0.0125 e. The first kappa shape index (κ1) is 9.51. The molecular formula is C12H23N. The molecule has 0 aromatic heterocycles. The molecule has 2 aliphatic rings. The molecule has 1 aliphatic carbocycles. The monoisotopic (exact) mass is 181 g/mol. The van der Waals surface area contributed by atoms with Crippen molar-refractivity contribution in [1.82, 2.24) is 4.90 Å². The van der Waals surface area contributed by atoms with Crippen molar-refractivity contribution in [2.75, 3.05) is 13.1 Å². The molecule has 0 aromatic rings. The lowest BCUT2D eigenvalue weighted by atomic mass is 10.0. The molecule has 0 N–H and O–H groups in total. The minimum absolute atomic E-state index is 0.393. The summed E-state index contributed by atoms with van der Waals surface area (Å²) in [6.07, 6.45) is 4.37. The van der Waals surface area contributed by atoms with Crippen molar-refractivity contribution in [3.05, 3.63) is 0 Å². The predicted molar refractivity (Wildman–Crippen MR) is 56.8 cm³/mol. The summed E-state index contributed by atoms with van der Waals surface area (Å²) in [7, 11) is 0. The Kier molecular flexibility index (Phi) is 1.99. The highest BCUT2D eigenvalue weighted by molar-refractivity contribution is 5.08. The number of nitrogens with zero attached hydrogens (tertiary/aromatic N) is 1. The molecule has 13 heavy (non-hydrogen) atoms. The molecule has 0 radical (unpaired) electrons. The Balaban J connectivity index is 1.96. The van der Waals surface area contributed by atoms with Crippen molar-refractivity contribution in [3.63, 3.8) is 0 Å². The molecule has 1 saturated heterocycles. The van der Waals surface area contributed by atoms with E-state index < -0.39 is 0 Å². The Bertz CT molecular complexity index is 204. The number of likely N-dealkylation sites (tertiary alicyclic amines) is 1. The third-order valence-corrected chi connectivity index (χ3v) is 4.19. The molecule has 0 amide bonds. The fourth-order valence-corrected chi connectivity index (χ4v) is 2.98. The van der Waals surface area contributed by atoms with Gasteiger partial charge in [0, 0.05) is 12.1 Å². The van der Waals surface area contributed by atoms with E-state index in [9.17, 15) is 0 Å². The van der Waals surface area contributed by atoms with Gasteiger partial charge in [0.2, 0.25) is 0 Å². The fourth-order valence-electron chi connectivity index (χ4n) is 2.98. The predicted octanol–water partition coefficient (Wildman–Crippen LogP) is 2.91. The van der Waals surface area contributed by atoms with Crippen molar-refractivity contribution in [2.45, 2.75) is 52.5 Å². The number of hydrogen-bond acceptors (Lipinski definition) is 1. The van der Waals surface area contributed by atoms with Gasteiger partial charge in [-0.25, -0.2) is 0 Å². The minimum Gasteiger partial charge on any atom is -0.298 e. The summed E-state index contributed by atoms with van der Waals surface area (Å²) in [5.41, 5.74) is 1.16. The van der Waals surface area contributed by atoms with Gasteiger partial charge in [0.05, 0.1) is 0 Å². The van der Waals surface area contributed by atoms with E-state index in [1.165, 1.54) is 32.4 Å². The van der Waals surface area contributed by atoms with Crippen molar-refractivity contribution in [2.24, 2.45) is 11.3 Å². The van der Waals surface area contributed by atoms with Gasteiger partial charge in [0.25, 0.3) is 0 Å². The Hall–Kier alpha value is -0.0400. The molecular weight excluding hydrogens is 158 g/mol. The average Bonchev–Trinajstić information content (AvgIpc) is 2.47. The molecule has 2 atom stereocenters. The van der Waals surface area contributed by atoms with Crippen molar-refractivity contribution >= 4 is 0 Å². The average molecular weight is 181 g/mol. The number of rotatable bonds is 1. The zero-order chi connectivity index (χ0) is 9.69. The maximum absolute atomic E-state index is 2.67. The van der Waals surface area contributed by atoms with Gasteiger partial charge < -0.3 is 0 Å². The molecule has 1 spiro atoms. The van der Waals surface area contributed by atoms with E-state index in [0.717, 1.165) is 11.3 Å². The van der Waals surface area contributed by atoms with Crippen LogP contribution in [0.1, 0.15) is 47.0 Å². The van der Waals surface area contributed by atoms with E-state index in [0.29, 0.717) is 5.54 Å². The van der Waals surface area contributed by atoms with Gasteiger partial charge in [0.15, 0.2) is 0 Å². The lowest BCUT2D eigenvalue weighted by molar-refractivity contribution is 0.164. The van der Waals surface area contributed by atoms with Crippen LogP contribution in [0, 0.1) is 11.3 Å². The molecule has 1 nitrogen and oxygen atoms in total. The molecule has 0 aromatic carbocycles. The highest BCUT2D eigenvalue weighted by atomic mass is 15.2. The normalized spacial score (nSPS) is 40.2. The zero-order valence-electron chi connectivity index (χ0n) is 9.56. The first-order valence-electron chi connectivity index (χ1n) is 5.73. The Labute approximate surface area is 82.5 Å². The highest BCUT2D eigenvalue weighted by Crippen LogP contribution is 2.60. The van der Waals surface area contributed by atoms with Crippen LogP contribution >= 0.6 is 0 Å². The summed E-state index contributed by atoms with van der Waals surface area (Å²) in [6.45, 7) is 12.1. The molecule has 1 heterocycles. The lowest BCUT2D eigenvalue weighted by Gasteiger charge is -2.31. The van der Waals surface area contributed by atoms with E-state index in [-0.39, 0.29) is 0 Å². The summed E-state index contributed by atoms with van der Waals surface area (Å²) in [5, 5.41) is 0. The lowest BCUT2D eigenvalue weighted by Crippen LogP contribution is -2.39. The van der Waals surface area contributed by atoms with Crippen molar-refractivity contribution < 1.29 is 0 Å². The second-order valence-corrected chi connectivity index (χ2v) is 6.01. The molecule has 76 valence electrons. The van der Waals surface area contributed by atoms with Gasteiger partial charge in [-0.1, -0.05) is 13.3 Å². The standard InChI is InChI=1S/C12H23N/c1-5-10-8-12(10)6-7-13(9-12)11(2,3)4/h10H,5-9H2,1-4H3/t10-,12?/m0/s1. The zero-order valence-corrected chi connectivity index (χ0v) is 9.56. The van der Waals surface area contributed by atoms with Crippen LogP contribution in [0.5, 0.6) is 0 Å². The van der Waals surface area contributed by atoms with E-state index in [1.807, 2.05) is 0 Å². The van der Waals surface area contributed by atoms with Gasteiger partial charge in [-0.15, -0.1) is 0 Å². The third kappa shape index (κ3) is 1.52. The van der Waals surface area contributed by atoms with Gasteiger partial charge >= 0.3 is 0 Å². The first-order chi connectivity index (χ1) is 5.98. The topological polar surface area (TPSA) is 3.24 Å². The van der Waals surface area contributed by atoms with Crippen LogP contribution < -0.4 is 0 Å². The Morgan fingerprint density at radius 2 is 2.08 bits per heavy atom. The van der Waals surface area contributed by atoms with Gasteiger partial charge in [-0.05, 0) is 51.5 Å². The summed E-state index contributed by atoms with van der Waals surface area (Å²) in [5.74, 6) is 1.06. The highest BCUT2D eigenvalue weighted by Gasteiger charge is 2.56. The SMILES string of the molecule is CC[C@H]1CC12CCN(C(C)(C)C)C2. The molecule has 2 rings (SSSR count). The first-order valence-corrected chi connectivity index (χ1v) is 5.73. The van der Waals surface area contributed by atoms with E-state index in [4.69, 9.17) is 0 Å². The van der Waals surface area contributed by atoms with Crippen LogP contribution in [0.4, 0.5) is 0 Å². The summed E-state index contributed by atoms with van der Waals surface area (Å²) >= 11 is 0. The summed E-state index contributed by atoms with van der Waals surface area (Å²) in [4.78, 5) is 2.67. The quantitative estimate of drug-likeness (QED) is 0.601. The smallest absolute Gasteiger partial charge is 0.0125 e. The minimum atomic E-state index is 0.393. The molecule has 0 bridgehead atoms. The van der Waals surface area contributed by atoms with Gasteiger partial charge in [-0.2, -0.15) is 0 Å². The second kappa shape index (κ2) is 2.73. The van der Waals surface area contributed by atoms with Crippen molar-refractivity contribution in [3.8, 4) is 0 Å². The van der Waals surface area contributed by atoms with E-state index in [1.54, 1.807) is 0 Å². The Morgan fingerprint density at radius 1 is 1.38 bits per heavy atom.